The van der Waals surface area contributed by atoms with E-state index in [0.717, 1.165) is 27.9 Å². The second-order valence-electron chi connectivity index (χ2n) is 5.92. The number of anilines is 2. The minimum Gasteiger partial charge on any atom is -0.381 e. The van der Waals surface area contributed by atoms with Crippen molar-refractivity contribution < 1.29 is 13.6 Å². The van der Waals surface area contributed by atoms with Crippen molar-refractivity contribution in [3.63, 3.8) is 0 Å². The van der Waals surface area contributed by atoms with Gasteiger partial charge < -0.3 is 10.6 Å². The Morgan fingerprint density at radius 3 is 2.62 bits per heavy atom. The summed E-state index contributed by atoms with van der Waals surface area (Å²) >= 11 is 1.56. The molecule has 0 saturated heterocycles. The second-order valence-corrected chi connectivity index (χ2v) is 6.90. The Labute approximate surface area is 153 Å². The van der Waals surface area contributed by atoms with Crippen LogP contribution >= 0.6 is 11.3 Å². The van der Waals surface area contributed by atoms with E-state index in [-0.39, 0.29) is 12.5 Å². The van der Waals surface area contributed by atoms with E-state index in [1.165, 1.54) is 12.1 Å². The van der Waals surface area contributed by atoms with E-state index in [0.29, 0.717) is 11.1 Å². The van der Waals surface area contributed by atoms with E-state index in [1.54, 1.807) is 11.3 Å². The van der Waals surface area contributed by atoms with Crippen LogP contribution in [-0.2, 0) is 11.3 Å². The van der Waals surface area contributed by atoms with Gasteiger partial charge in [-0.1, -0.05) is 6.07 Å². The quantitative estimate of drug-likeness (QED) is 0.627. The first-order valence-corrected chi connectivity index (χ1v) is 8.86. The van der Waals surface area contributed by atoms with Gasteiger partial charge in [0.25, 0.3) is 5.91 Å². The molecule has 0 bridgehead atoms. The third-order valence-electron chi connectivity index (χ3n) is 4.05. The molecule has 1 amide bonds. The summed E-state index contributed by atoms with van der Waals surface area (Å²) in [5, 5.41) is 7.94. The molecule has 1 aromatic heterocycles. The molecule has 0 aliphatic carbocycles. The molecule has 2 heterocycles. The van der Waals surface area contributed by atoms with E-state index >= 15 is 0 Å². The van der Waals surface area contributed by atoms with Crippen molar-refractivity contribution in [1.29, 1.82) is 0 Å². The van der Waals surface area contributed by atoms with Crippen LogP contribution in [0.4, 0.5) is 20.2 Å². The summed E-state index contributed by atoms with van der Waals surface area (Å²) in [7, 11) is 0. The van der Waals surface area contributed by atoms with Gasteiger partial charge in [-0.3, -0.25) is 4.79 Å². The van der Waals surface area contributed by atoms with Gasteiger partial charge in [-0.2, -0.15) is 0 Å². The molecule has 0 saturated carbocycles. The lowest BCUT2D eigenvalue weighted by Crippen LogP contribution is -2.03. The van der Waals surface area contributed by atoms with Crippen LogP contribution in [0.5, 0.6) is 0 Å². The van der Waals surface area contributed by atoms with Gasteiger partial charge in [-0.25, -0.2) is 8.78 Å². The summed E-state index contributed by atoms with van der Waals surface area (Å²) in [6, 6.07) is 12.8. The molecule has 4 rings (SSSR count). The first kappa shape index (κ1) is 16.5. The van der Waals surface area contributed by atoms with Gasteiger partial charge in [-0.15, -0.1) is 11.3 Å². The Morgan fingerprint density at radius 1 is 1.08 bits per heavy atom. The van der Waals surface area contributed by atoms with Crippen molar-refractivity contribution in [3.8, 4) is 0 Å². The molecule has 0 fully saturated rings. The van der Waals surface area contributed by atoms with Gasteiger partial charge in [0.05, 0.1) is 5.57 Å². The van der Waals surface area contributed by atoms with Gasteiger partial charge >= 0.3 is 0 Å². The van der Waals surface area contributed by atoms with Gasteiger partial charge in [-0.05, 0) is 53.4 Å². The fourth-order valence-electron chi connectivity index (χ4n) is 2.87. The van der Waals surface area contributed by atoms with Crippen molar-refractivity contribution in [2.24, 2.45) is 0 Å². The Balaban J connectivity index is 1.59. The van der Waals surface area contributed by atoms with Gasteiger partial charge in [0.1, 0.15) is 11.6 Å². The zero-order valence-corrected chi connectivity index (χ0v) is 14.4. The van der Waals surface area contributed by atoms with Crippen LogP contribution in [0.1, 0.15) is 16.0 Å². The normalized spacial score (nSPS) is 14.4. The van der Waals surface area contributed by atoms with E-state index in [2.05, 4.69) is 10.6 Å². The second kappa shape index (κ2) is 6.72. The van der Waals surface area contributed by atoms with Gasteiger partial charge in [0.15, 0.2) is 0 Å². The summed E-state index contributed by atoms with van der Waals surface area (Å²) < 4.78 is 26.6. The zero-order valence-electron chi connectivity index (χ0n) is 13.6. The predicted octanol–water partition coefficient (Wildman–Crippen LogP) is 5.13. The maximum Gasteiger partial charge on any atom is 0.256 e. The molecule has 0 unspecified atom stereocenters. The Bertz CT molecular complexity index is 992. The molecule has 6 heteroatoms. The smallest absolute Gasteiger partial charge is 0.256 e. The molecule has 0 atom stereocenters. The molecule has 3 nitrogen and oxygen atoms in total. The standard InChI is InChI=1S/C20H14F2N2OS/c21-13-6-12(7-14(22)8-13)11-23-15-3-4-19-17(9-15)18(20(25)24-19)10-16-2-1-5-26-16/h1-10,23H,11H2,(H,24,25)/b18-10-. The molecule has 1 aliphatic heterocycles. The number of hydrogen-bond donors (Lipinski definition) is 2. The topological polar surface area (TPSA) is 41.1 Å². The summed E-state index contributed by atoms with van der Waals surface area (Å²) in [5.74, 6) is -1.35. The number of amides is 1. The van der Waals surface area contributed by atoms with Crippen LogP contribution in [0, 0.1) is 11.6 Å². The van der Waals surface area contributed by atoms with Crippen molar-refractivity contribution in [2.75, 3.05) is 10.6 Å². The van der Waals surface area contributed by atoms with Crippen molar-refractivity contribution in [3.05, 3.63) is 81.5 Å². The highest BCUT2D eigenvalue weighted by Crippen LogP contribution is 2.35. The number of benzene rings is 2. The fraction of sp³-hybridized carbons (Fsp3) is 0.0500. The average molecular weight is 368 g/mol. The number of thiophene rings is 1. The number of carbonyl (C=O) groups excluding carboxylic acids is 1. The van der Waals surface area contributed by atoms with Crippen LogP contribution in [0.2, 0.25) is 0 Å². The molecule has 130 valence electrons. The summed E-state index contributed by atoms with van der Waals surface area (Å²) in [6.45, 7) is 0.277. The number of hydrogen-bond acceptors (Lipinski definition) is 3. The summed E-state index contributed by atoms with van der Waals surface area (Å²) in [5.41, 5.74) is 3.43. The Kier molecular flexibility index (Phi) is 4.26. The summed E-state index contributed by atoms with van der Waals surface area (Å²) in [6.07, 6.45) is 1.86. The molecule has 0 radical (unpaired) electrons. The number of nitrogens with one attached hydrogen (secondary N) is 2. The number of rotatable bonds is 4. The summed E-state index contributed by atoms with van der Waals surface area (Å²) in [4.78, 5) is 13.2. The maximum atomic E-state index is 13.3. The lowest BCUT2D eigenvalue weighted by Gasteiger charge is -2.09. The highest BCUT2D eigenvalue weighted by Gasteiger charge is 2.24. The van der Waals surface area contributed by atoms with E-state index in [1.807, 2.05) is 41.8 Å². The highest BCUT2D eigenvalue weighted by molar-refractivity contribution is 7.11. The SMILES string of the molecule is O=C1Nc2ccc(NCc3cc(F)cc(F)c3)cc2/C1=C/c1cccs1. The first-order chi connectivity index (χ1) is 12.6. The van der Waals surface area contributed by atoms with E-state index < -0.39 is 11.6 Å². The predicted molar refractivity (Wildman–Crippen MR) is 101 cm³/mol. The van der Waals surface area contributed by atoms with Crippen molar-refractivity contribution in [2.45, 2.75) is 6.54 Å². The van der Waals surface area contributed by atoms with Crippen molar-refractivity contribution in [1.82, 2.24) is 0 Å². The highest BCUT2D eigenvalue weighted by atomic mass is 32.1. The van der Waals surface area contributed by atoms with Gasteiger partial charge in [0, 0.05) is 34.4 Å². The molecule has 0 spiro atoms. The lowest BCUT2D eigenvalue weighted by atomic mass is 10.1. The van der Waals surface area contributed by atoms with E-state index in [9.17, 15) is 13.6 Å². The number of carbonyl (C=O) groups is 1. The van der Waals surface area contributed by atoms with Crippen LogP contribution in [0.15, 0.2) is 53.9 Å². The Morgan fingerprint density at radius 2 is 1.88 bits per heavy atom. The zero-order chi connectivity index (χ0) is 18.1. The van der Waals surface area contributed by atoms with Crippen LogP contribution in [0.3, 0.4) is 0 Å². The minimum atomic E-state index is -0.605. The van der Waals surface area contributed by atoms with Crippen molar-refractivity contribution >= 4 is 40.3 Å². The maximum absolute atomic E-state index is 13.3. The monoisotopic (exact) mass is 368 g/mol. The molecule has 26 heavy (non-hydrogen) atoms. The molecular formula is C20H14F2N2OS. The first-order valence-electron chi connectivity index (χ1n) is 7.98. The molecular weight excluding hydrogens is 354 g/mol. The Hall–Kier alpha value is -2.99. The molecule has 3 aromatic rings. The molecule has 2 N–H and O–H groups in total. The number of halogens is 2. The third-order valence-corrected chi connectivity index (χ3v) is 4.87. The van der Waals surface area contributed by atoms with Gasteiger partial charge in [0.2, 0.25) is 0 Å². The minimum absolute atomic E-state index is 0.141. The lowest BCUT2D eigenvalue weighted by molar-refractivity contribution is -0.110. The molecule has 1 aliphatic rings. The van der Waals surface area contributed by atoms with Crippen LogP contribution in [0.25, 0.3) is 11.6 Å². The van der Waals surface area contributed by atoms with Crippen LogP contribution in [-0.4, -0.2) is 5.91 Å². The third kappa shape index (κ3) is 3.36. The van der Waals surface area contributed by atoms with Crippen LogP contribution < -0.4 is 10.6 Å². The average Bonchev–Trinajstić information content (AvgIpc) is 3.21. The fourth-order valence-corrected chi connectivity index (χ4v) is 3.53. The number of fused-ring (bicyclic) bond motifs is 1. The van der Waals surface area contributed by atoms with E-state index in [4.69, 9.17) is 0 Å². The largest absolute Gasteiger partial charge is 0.381 e. The molecule has 2 aromatic carbocycles.